The van der Waals surface area contributed by atoms with Crippen molar-refractivity contribution in [1.82, 2.24) is 9.38 Å². The van der Waals surface area contributed by atoms with Gasteiger partial charge in [-0.3, -0.25) is 9.20 Å². The van der Waals surface area contributed by atoms with E-state index in [0.29, 0.717) is 16.9 Å². The van der Waals surface area contributed by atoms with Crippen LogP contribution >= 0.6 is 0 Å². The minimum atomic E-state index is -0.459. The number of ether oxygens (including phenoxy) is 1. The molecule has 15 heavy (non-hydrogen) atoms. The van der Waals surface area contributed by atoms with Gasteiger partial charge in [0, 0.05) is 18.0 Å². The van der Waals surface area contributed by atoms with Crippen LogP contribution in [0.5, 0.6) is 0 Å². The van der Waals surface area contributed by atoms with Crippen LogP contribution in [-0.2, 0) is 4.74 Å². The summed E-state index contributed by atoms with van der Waals surface area (Å²) in [5, 5.41) is 0. The standard InChI is InChI=1S/C10H10N2O3/c1-6-5-8(13)12-4-3-7(9(12)11-6)10(14)15-2/h3-5,11H,1-2H3. The summed E-state index contributed by atoms with van der Waals surface area (Å²) in [7, 11) is 1.31. The van der Waals surface area contributed by atoms with E-state index in [1.54, 1.807) is 19.2 Å². The Bertz CT molecular complexity index is 580. The number of fused-ring (bicyclic) bond motifs is 1. The van der Waals surface area contributed by atoms with Gasteiger partial charge < -0.3 is 9.72 Å². The maximum atomic E-state index is 11.5. The van der Waals surface area contributed by atoms with Crippen LogP contribution in [-0.4, -0.2) is 22.5 Å². The van der Waals surface area contributed by atoms with Crippen molar-refractivity contribution in [3.63, 3.8) is 0 Å². The lowest BCUT2D eigenvalue weighted by atomic mass is 10.3. The molecular weight excluding hydrogens is 196 g/mol. The molecule has 0 saturated carbocycles. The SMILES string of the molecule is COC(=O)c1ccn2c(=O)cc(C)[nH]c12. The van der Waals surface area contributed by atoms with Crippen molar-refractivity contribution in [1.29, 1.82) is 0 Å². The van der Waals surface area contributed by atoms with Gasteiger partial charge in [0.25, 0.3) is 5.56 Å². The summed E-state index contributed by atoms with van der Waals surface area (Å²) in [4.78, 5) is 25.8. The molecule has 0 unspecified atom stereocenters. The average molecular weight is 206 g/mol. The number of aromatic nitrogens is 2. The Morgan fingerprint density at radius 1 is 1.53 bits per heavy atom. The Labute approximate surface area is 85.3 Å². The van der Waals surface area contributed by atoms with Crippen molar-refractivity contribution >= 4 is 11.6 Å². The van der Waals surface area contributed by atoms with Crippen molar-refractivity contribution in [2.24, 2.45) is 0 Å². The highest BCUT2D eigenvalue weighted by Crippen LogP contribution is 2.09. The number of carbonyl (C=O) groups is 1. The lowest BCUT2D eigenvalue weighted by Gasteiger charge is -2.00. The molecule has 0 aromatic carbocycles. The Hall–Kier alpha value is -2.04. The number of rotatable bonds is 1. The van der Waals surface area contributed by atoms with Crippen LogP contribution in [0.25, 0.3) is 5.65 Å². The summed E-state index contributed by atoms with van der Waals surface area (Å²) in [5.74, 6) is -0.459. The third kappa shape index (κ3) is 1.41. The molecule has 0 aliphatic heterocycles. The lowest BCUT2D eigenvalue weighted by Crippen LogP contribution is -2.13. The second-order valence-electron chi connectivity index (χ2n) is 3.23. The lowest BCUT2D eigenvalue weighted by molar-refractivity contribution is 0.0603. The first kappa shape index (κ1) is 9.51. The van der Waals surface area contributed by atoms with Crippen molar-refractivity contribution in [3.05, 3.63) is 39.9 Å². The van der Waals surface area contributed by atoms with Crippen LogP contribution in [0.2, 0.25) is 0 Å². The van der Waals surface area contributed by atoms with Crippen molar-refractivity contribution in [2.75, 3.05) is 7.11 Å². The molecule has 0 radical (unpaired) electrons. The fourth-order valence-corrected chi connectivity index (χ4v) is 1.50. The average Bonchev–Trinajstić information content (AvgIpc) is 2.60. The predicted molar refractivity (Wildman–Crippen MR) is 54.1 cm³/mol. The molecule has 0 amide bonds. The van der Waals surface area contributed by atoms with E-state index in [4.69, 9.17) is 0 Å². The maximum Gasteiger partial charge on any atom is 0.341 e. The quantitative estimate of drug-likeness (QED) is 0.699. The normalized spacial score (nSPS) is 10.5. The molecule has 2 aromatic rings. The Balaban J connectivity index is 2.80. The number of H-pyrrole nitrogens is 1. The molecule has 0 fully saturated rings. The molecule has 0 atom stereocenters. The first-order chi connectivity index (χ1) is 7.13. The summed E-state index contributed by atoms with van der Waals surface area (Å²) in [6.07, 6.45) is 1.54. The predicted octanol–water partition coefficient (Wildman–Crippen LogP) is 0.723. The fraction of sp³-hybridized carbons (Fsp3) is 0.200. The van der Waals surface area contributed by atoms with Crippen LogP contribution in [0.4, 0.5) is 0 Å². The number of nitrogens with one attached hydrogen (secondary N) is 1. The zero-order valence-corrected chi connectivity index (χ0v) is 8.40. The number of carbonyl (C=O) groups excluding carboxylic acids is 1. The van der Waals surface area contributed by atoms with E-state index < -0.39 is 5.97 Å². The Morgan fingerprint density at radius 3 is 2.93 bits per heavy atom. The van der Waals surface area contributed by atoms with E-state index in [-0.39, 0.29) is 5.56 Å². The van der Waals surface area contributed by atoms with Gasteiger partial charge in [-0.05, 0) is 13.0 Å². The van der Waals surface area contributed by atoms with Crippen molar-refractivity contribution in [3.8, 4) is 0 Å². The van der Waals surface area contributed by atoms with Gasteiger partial charge in [0.1, 0.15) is 11.2 Å². The fourth-order valence-electron chi connectivity index (χ4n) is 1.50. The van der Waals surface area contributed by atoms with Crippen LogP contribution < -0.4 is 5.56 Å². The summed E-state index contributed by atoms with van der Waals surface area (Å²) < 4.78 is 5.98. The summed E-state index contributed by atoms with van der Waals surface area (Å²) >= 11 is 0. The number of hydrogen-bond acceptors (Lipinski definition) is 3. The number of hydrogen-bond donors (Lipinski definition) is 1. The van der Waals surface area contributed by atoms with Crippen molar-refractivity contribution in [2.45, 2.75) is 6.92 Å². The smallest absolute Gasteiger partial charge is 0.341 e. The van der Waals surface area contributed by atoms with Gasteiger partial charge >= 0.3 is 5.97 Å². The van der Waals surface area contributed by atoms with Gasteiger partial charge in [-0.15, -0.1) is 0 Å². The number of aryl methyl sites for hydroxylation is 1. The molecule has 0 bridgehead atoms. The zero-order chi connectivity index (χ0) is 11.0. The minimum Gasteiger partial charge on any atom is -0.465 e. The first-order valence-corrected chi connectivity index (χ1v) is 4.43. The monoisotopic (exact) mass is 206 g/mol. The highest BCUT2D eigenvalue weighted by Gasteiger charge is 2.13. The van der Waals surface area contributed by atoms with Gasteiger partial charge in [-0.2, -0.15) is 0 Å². The maximum absolute atomic E-state index is 11.5. The second-order valence-corrected chi connectivity index (χ2v) is 3.23. The van der Waals surface area contributed by atoms with Gasteiger partial charge in [-0.1, -0.05) is 0 Å². The van der Waals surface area contributed by atoms with Gasteiger partial charge in [0.05, 0.1) is 7.11 Å². The molecular formula is C10H10N2O3. The van der Waals surface area contributed by atoms with E-state index in [2.05, 4.69) is 9.72 Å². The molecule has 0 aliphatic carbocycles. The van der Waals surface area contributed by atoms with E-state index in [1.165, 1.54) is 17.6 Å². The van der Waals surface area contributed by atoms with Crippen LogP contribution in [0.3, 0.4) is 0 Å². The van der Waals surface area contributed by atoms with E-state index in [1.807, 2.05) is 0 Å². The molecule has 2 heterocycles. The summed E-state index contributed by atoms with van der Waals surface area (Å²) in [6, 6.07) is 3.02. The number of esters is 1. The number of aromatic amines is 1. The molecule has 2 aromatic heterocycles. The second kappa shape index (κ2) is 3.27. The van der Waals surface area contributed by atoms with Crippen molar-refractivity contribution < 1.29 is 9.53 Å². The van der Waals surface area contributed by atoms with Gasteiger partial charge in [0.2, 0.25) is 0 Å². The summed E-state index contributed by atoms with van der Waals surface area (Å²) in [5.41, 5.74) is 1.36. The van der Waals surface area contributed by atoms with E-state index >= 15 is 0 Å². The van der Waals surface area contributed by atoms with Gasteiger partial charge in [-0.25, -0.2) is 4.79 Å². The Kier molecular flexibility index (Phi) is 2.07. The molecule has 78 valence electrons. The molecule has 0 spiro atoms. The van der Waals surface area contributed by atoms with Gasteiger partial charge in [0.15, 0.2) is 0 Å². The highest BCUT2D eigenvalue weighted by molar-refractivity contribution is 5.96. The number of methoxy groups -OCH3 is 1. The molecule has 0 aliphatic rings. The first-order valence-electron chi connectivity index (χ1n) is 4.43. The van der Waals surface area contributed by atoms with Crippen LogP contribution in [0.15, 0.2) is 23.1 Å². The van der Waals surface area contributed by atoms with E-state index in [9.17, 15) is 9.59 Å². The van der Waals surface area contributed by atoms with Crippen LogP contribution in [0.1, 0.15) is 16.1 Å². The molecule has 2 rings (SSSR count). The zero-order valence-electron chi connectivity index (χ0n) is 8.40. The third-order valence-corrected chi connectivity index (χ3v) is 2.18. The topological polar surface area (TPSA) is 63.6 Å². The largest absolute Gasteiger partial charge is 0.465 e. The molecule has 5 heteroatoms. The Morgan fingerprint density at radius 2 is 2.27 bits per heavy atom. The van der Waals surface area contributed by atoms with Crippen LogP contribution in [0, 0.1) is 6.92 Å². The third-order valence-electron chi connectivity index (χ3n) is 2.18. The van der Waals surface area contributed by atoms with E-state index in [0.717, 1.165) is 0 Å². The highest BCUT2D eigenvalue weighted by atomic mass is 16.5. The molecule has 5 nitrogen and oxygen atoms in total. The molecule has 0 saturated heterocycles. The molecule has 1 N–H and O–H groups in total. The summed E-state index contributed by atoms with van der Waals surface area (Å²) in [6.45, 7) is 1.76. The number of nitrogens with zero attached hydrogens (tertiary/aromatic N) is 1. The minimum absolute atomic E-state index is 0.170.